The molecule has 0 unspecified atom stereocenters. The molecule has 0 aliphatic heterocycles. The summed E-state index contributed by atoms with van der Waals surface area (Å²) in [6.45, 7) is 4.04. The van der Waals surface area contributed by atoms with Gasteiger partial charge in [0, 0.05) is 23.6 Å². The Hall–Kier alpha value is -3.87. The van der Waals surface area contributed by atoms with Gasteiger partial charge in [-0.1, -0.05) is 12.1 Å². The van der Waals surface area contributed by atoms with Crippen LogP contribution in [0.4, 0.5) is 0 Å². The standard InChI is InChI=1S/C25H26N4O4S/c1-17-13-20(18(2)29(17)22-7-9-23(33-4)10-8-22)14-21(15-26)25(30)28-16-19-5-11-24(12-6-19)34(31,32)27-3/h5-14,27H,16H2,1-4H3,(H,28,30)/b21-14-. The summed E-state index contributed by atoms with van der Waals surface area (Å²) in [4.78, 5) is 12.8. The summed E-state index contributed by atoms with van der Waals surface area (Å²) in [5, 5.41) is 12.3. The van der Waals surface area contributed by atoms with E-state index in [1.807, 2.05) is 54.8 Å². The van der Waals surface area contributed by atoms with Gasteiger partial charge in [-0.2, -0.15) is 5.26 Å². The van der Waals surface area contributed by atoms with E-state index in [9.17, 15) is 18.5 Å². The third-order valence-corrected chi connectivity index (χ3v) is 6.85. The van der Waals surface area contributed by atoms with Crippen LogP contribution in [0.1, 0.15) is 22.5 Å². The average molecular weight is 479 g/mol. The number of amides is 1. The fraction of sp³-hybridized carbons (Fsp3) is 0.200. The predicted octanol–water partition coefficient (Wildman–Crippen LogP) is 3.23. The monoisotopic (exact) mass is 478 g/mol. The third-order valence-electron chi connectivity index (χ3n) is 5.42. The summed E-state index contributed by atoms with van der Waals surface area (Å²) in [7, 11) is -0.571. The Morgan fingerprint density at radius 1 is 1.12 bits per heavy atom. The van der Waals surface area contributed by atoms with Gasteiger partial charge in [0.1, 0.15) is 17.4 Å². The van der Waals surface area contributed by atoms with Crippen LogP contribution in [0.2, 0.25) is 0 Å². The second-order valence-electron chi connectivity index (χ2n) is 7.56. The fourth-order valence-electron chi connectivity index (χ4n) is 3.55. The first-order chi connectivity index (χ1) is 16.2. The molecule has 1 heterocycles. The second kappa shape index (κ2) is 10.4. The molecule has 176 valence electrons. The van der Waals surface area contributed by atoms with Crippen LogP contribution >= 0.6 is 0 Å². The first-order valence-electron chi connectivity index (χ1n) is 10.5. The highest BCUT2D eigenvalue weighted by Crippen LogP contribution is 2.24. The predicted molar refractivity (Wildman–Crippen MR) is 130 cm³/mol. The van der Waals surface area contributed by atoms with E-state index >= 15 is 0 Å². The number of hydrogen-bond acceptors (Lipinski definition) is 5. The lowest BCUT2D eigenvalue weighted by atomic mass is 10.1. The Morgan fingerprint density at radius 3 is 2.32 bits per heavy atom. The molecule has 0 bridgehead atoms. The first kappa shape index (κ1) is 24.8. The van der Waals surface area contributed by atoms with Gasteiger partial charge >= 0.3 is 0 Å². The number of benzene rings is 2. The van der Waals surface area contributed by atoms with Crippen LogP contribution in [-0.2, 0) is 21.4 Å². The van der Waals surface area contributed by atoms with Crippen LogP contribution in [0, 0.1) is 25.2 Å². The minimum atomic E-state index is -3.53. The number of methoxy groups -OCH3 is 1. The van der Waals surface area contributed by atoms with Crippen molar-refractivity contribution in [3.63, 3.8) is 0 Å². The molecule has 0 fully saturated rings. The quantitative estimate of drug-likeness (QED) is 0.381. The van der Waals surface area contributed by atoms with E-state index in [1.165, 1.54) is 19.2 Å². The van der Waals surface area contributed by atoms with Gasteiger partial charge in [-0.25, -0.2) is 13.1 Å². The van der Waals surface area contributed by atoms with Gasteiger partial charge in [0.25, 0.3) is 5.91 Å². The average Bonchev–Trinajstić information content (AvgIpc) is 3.13. The number of rotatable bonds is 8. The van der Waals surface area contributed by atoms with Crippen molar-refractivity contribution in [1.82, 2.24) is 14.6 Å². The SMILES string of the molecule is CNS(=O)(=O)c1ccc(CNC(=O)/C(C#N)=C\c2cc(C)n(-c3ccc(OC)cc3)c2C)cc1. The number of aryl methyl sites for hydroxylation is 1. The third kappa shape index (κ3) is 5.36. The number of carbonyl (C=O) groups is 1. The molecule has 0 radical (unpaired) electrons. The van der Waals surface area contributed by atoms with Gasteiger partial charge in [-0.15, -0.1) is 0 Å². The molecule has 2 N–H and O–H groups in total. The number of ether oxygens (including phenoxy) is 1. The zero-order valence-electron chi connectivity index (χ0n) is 19.4. The minimum Gasteiger partial charge on any atom is -0.497 e. The summed E-state index contributed by atoms with van der Waals surface area (Å²) in [6.07, 6.45) is 1.57. The highest BCUT2D eigenvalue weighted by molar-refractivity contribution is 7.89. The van der Waals surface area contributed by atoms with Gasteiger partial charge < -0.3 is 14.6 Å². The summed E-state index contributed by atoms with van der Waals surface area (Å²) in [5.41, 5.74) is 4.25. The van der Waals surface area contributed by atoms with E-state index < -0.39 is 15.9 Å². The lowest BCUT2D eigenvalue weighted by Gasteiger charge is -2.10. The van der Waals surface area contributed by atoms with E-state index in [2.05, 4.69) is 10.0 Å². The Labute approximate surface area is 199 Å². The van der Waals surface area contributed by atoms with Gasteiger partial charge in [0.15, 0.2) is 0 Å². The number of hydrogen-bond donors (Lipinski definition) is 2. The molecule has 0 saturated carbocycles. The van der Waals surface area contributed by atoms with Crippen molar-refractivity contribution in [2.75, 3.05) is 14.2 Å². The smallest absolute Gasteiger partial charge is 0.262 e. The van der Waals surface area contributed by atoms with Crippen molar-refractivity contribution in [3.05, 3.63) is 82.7 Å². The zero-order valence-corrected chi connectivity index (χ0v) is 20.2. The largest absolute Gasteiger partial charge is 0.497 e. The number of carbonyl (C=O) groups excluding carboxylic acids is 1. The molecule has 9 heteroatoms. The molecule has 0 atom stereocenters. The summed E-state index contributed by atoms with van der Waals surface area (Å²) in [5.74, 6) is 0.247. The Kier molecular flexibility index (Phi) is 7.56. The van der Waals surface area contributed by atoms with Crippen molar-refractivity contribution in [2.45, 2.75) is 25.3 Å². The molecule has 34 heavy (non-hydrogen) atoms. The van der Waals surface area contributed by atoms with E-state index in [0.29, 0.717) is 5.56 Å². The highest BCUT2D eigenvalue weighted by Gasteiger charge is 2.15. The van der Waals surface area contributed by atoms with Gasteiger partial charge in [0.05, 0.1) is 12.0 Å². The number of aromatic nitrogens is 1. The highest BCUT2D eigenvalue weighted by atomic mass is 32.2. The van der Waals surface area contributed by atoms with Crippen LogP contribution in [0.25, 0.3) is 11.8 Å². The molecule has 0 aliphatic rings. The van der Waals surface area contributed by atoms with Gasteiger partial charge in [-0.05, 0) is 80.6 Å². The minimum absolute atomic E-state index is 0.0237. The second-order valence-corrected chi connectivity index (χ2v) is 9.45. The molecule has 0 spiro atoms. The van der Waals surface area contributed by atoms with E-state index in [1.54, 1.807) is 25.3 Å². The molecular weight excluding hydrogens is 452 g/mol. The first-order valence-corrected chi connectivity index (χ1v) is 11.9. The molecule has 3 aromatic rings. The number of nitriles is 1. The van der Waals surface area contributed by atoms with Crippen LogP contribution in [0.3, 0.4) is 0 Å². The number of sulfonamides is 1. The lowest BCUT2D eigenvalue weighted by molar-refractivity contribution is -0.117. The van der Waals surface area contributed by atoms with Crippen LogP contribution in [-0.4, -0.2) is 33.0 Å². The molecule has 1 amide bonds. The van der Waals surface area contributed by atoms with Crippen molar-refractivity contribution in [3.8, 4) is 17.5 Å². The van der Waals surface area contributed by atoms with Crippen molar-refractivity contribution in [2.24, 2.45) is 0 Å². The maximum atomic E-state index is 12.6. The normalized spacial score (nSPS) is 11.7. The maximum Gasteiger partial charge on any atom is 0.262 e. The van der Waals surface area contributed by atoms with Crippen LogP contribution in [0.15, 0.2) is 65.1 Å². The van der Waals surface area contributed by atoms with E-state index in [0.717, 1.165) is 28.4 Å². The Balaban J connectivity index is 1.77. The van der Waals surface area contributed by atoms with Gasteiger partial charge in [-0.3, -0.25) is 4.79 Å². The molecule has 8 nitrogen and oxygen atoms in total. The molecular formula is C25H26N4O4S. The fourth-order valence-corrected chi connectivity index (χ4v) is 4.28. The number of nitrogens with zero attached hydrogens (tertiary/aromatic N) is 2. The van der Waals surface area contributed by atoms with Crippen LogP contribution in [0.5, 0.6) is 5.75 Å². The van der Waals surface area contributed by atoms with Gasteiger partial charge in [0.2, 0.25) is 10.0 Å². The zero-order chi connectivity index (χ0) is 24.9. The lowest BCUT2D eigenvalue weighted by Crippen LogP contribution is -2.24. The van der Waals surface area contributed by atoms with E-state index in [4.69, 9.17) is 4.74 Å². The summed E-state index contributed by atoms with van der Waals surface area (Å²) in [6, 6.07) is 17.7. The van der Waals surface area contributed by atoms with Crippen molar-refractivity contribution in [1.29, 1.82) is 5.26 Å². The maximum absolute atomic E-state index is 12.6. The number of nitrogens with one attached hydrogen (secondary N) is 2. The molecule has 1 aromatic heterocycles. The Bertz CT molecular complexity index is 1360. The van der Waals surface area contributed by atoms with E-state index in [-0.39, 0.29) is 17.0 Å². The molecule has 3 rings (SSSR count). The van der Waals surface area contributed by atoms with Crippen molar-refractivity contribution >= 4 is 22.0 Å². The Morgan fingerprint density at radius 2 is 1.76 bits per heavy atom. The summed E-state index contributed by atoms with van der Waals surface area (Å²) >= 11 is 0. The topological polar surface area (TPSA) is 113 Å². The molecule has 0 saturated heterocycles. The van der Waals surface area contributed by atoms with Crippen molar-refractivity contribution < 1.29 is 17.9 Å². The van der Waals surface area contributed by atoms with Crippen LogP contribution < -0.4 is 14.8 Å². The molecule has 0 aliphatic carbocycles. The summed E-state index contributed by atoms with van der Waals surface area (Å²) < 4.78 is 33.1. The molecule has 2 aromatic carbocycles.